The van der Waals surface area contributed by atoms with E-state index in [1.165, 1.54) is 11.1 Å². The van der Waals surface area contributed by atoms with E-state index in [0.717, 1.165) is 27.0 Å². The minimum Gasteiger partial charge on any atom is -0.334 e. The molecule has 1 atom stereocenters. The van der Waals surface area contributed by atoms with E-state index in [4.69, 9.17) is 0 Å². The highest BCUT2D eigenvalue weighted by Crippen LogP contribution is 2.28. The Hall–Kier alpha value is -3.38. The Balaban J connectivity index is 1.38. The molecule has 0 radical (unpaired) electrons. The van der Waals surface area contributed by atoms with Crippen LogP contribution in [0.3, 0.4) is 0 Å². The average Bonchev–Trinajstić information content (AvgIpc) is 3.42. The smallest absolute Gasteiger partial charge is 0.270 e. The predicted octanol–water partition coefficient (Wildman–Crippen LogP) is 5.35. The van der Waals surface area contributed by atoms with Crippen LogP contribution in [0.5, 0.6) is 0 Å². The molecule has 34 heavy (non-hydrogen) atoms. The molecule has 5 nitrogen and oxygen atoms in total. The number of carbonyl (C=O) groups excluding carboxylic acids is 2. The van der Waals surface area contributed by atoms with Crippen LogP contribution in [0, 0.1) is 13.8 Å². The van der Waals surface area contributed by atoms with Gasteiger partial charge in [-0.05, 0) is 61.0 Å². The van der Waals surface area contributed by atoms with Crippen molar-refractivity contribution in [3.05, 3.63) is 94.0 Å². The maximum absolute atomic E-state index is 13.7. The first-order chi connectivity index (χ1) is 16.4. The summed E-state index contributed by atoms with van der Waals surface area (Å²) in [6, 6.07) is 20.1. The average molecular weight is 472 g/mol. The second-order valence-corrected chi connectivity index (χ2v) is 10.0. The van der Waals surface area contributed by atoms with Crippen molar-refractivity contribution in [2.45, 2.75) is 33.4 Å². The van der Waals surface area contributed by atoms with E-state index in [9.17, 15) is 9.59 Å². The summed E-state index contributed by atoms with van der Waals surface area (Å²) in [5.41, 5.74) is 4.87. The van der Waals surface area contributed by atoms with Gasteiger partial charge in [0.2, 0.25) is 0 Å². The van der Waals surface area contributed by atoms with Crippen molar-refractivity contribution in [1.29, 1.82) is 0 Å². The molecule has 0 spiro atoms. The Morgan fingerprint density at radius 2 is 1.68 bits per heavy atom. The summed E-state index contributed by atoms with van der Waals surface area (Å²) in [4.78, 5) is 31.8. The topological polar surface area (TPSA) is 45.6 Å². The van der Waals surface area contributed by atoms with Crippen LogP contribution in [-0.2, 0) is 6.54 Å². The van der Waals surface area contributed by atoms with E-state index in [-0.39, 0.29) is 17.9 Å². The Bertz CT molecular complexity index is 1370. The SMILES string of the molecule is Cc1ccccc1Cn1c(C(=O)N2CCN(C(=O)c3ccccc3C)[C@@H](C)C2)cc2ccsc21. The summed E-state index contributed by atoms with van der Waals surface area (Å²) < 4.78 is 2.15. The molecule has 5 rings (SSSR count). The van der Waals surface area contributed by atoms with Crippen LogP contribution in [0.15, 0.2) is 66.0 Å². The first kappa shape index (κ1) is 22.4. The number of carbonyl (C=O) groups is 2. The van der Waals surface area contributed by atoms with Crippen LogP contribution < -0.4 is 0 Å². The lowest BCUT2D eigenvalue weighted by Gasteiger charge is -2.40. The van der Waals surface area contributed by atoms with Crippen molar-refractivity contribution in [2.24, 2.45) is 0 Å². The molecule has 174 valence electrons. The number of aromatic nitrogens is 1. The third kappa shape index (κ3) is 4.03. The van der Waals surface area contributed by atoms with Gasteiger partial charge >= 0.3 is 0 Å². The van der Waals surface area contributed by atoms with Crippen molar-refractivity contribution < 1.29 is 9.59 Å². The van der Waals surface area contributed by atoms with Crippen LogP contribution in [0.25, 0.3) is 10.2 Å². The van der Waals surface area contributed by atoms with Crippen LogP contribution in [-0.4, -0.2) is 51.9 Å². The van der Waals surface area contributed by atoms with E-state index < -0.39 is 0 Å². The summed E-state index contributed by atoms with van der Waals surface area (Å²) >= 11 is 1.67. The van der Waals surface area contributed by atoms with Crippen molar-refractivity contribution in [3.63, 3.8) is 0 Å². The molecule has 2 aromatic carbocycles. The van der Waals surface area contributed by atoms with Crippen molar-refractivity contribution in [1.82, 2.24) is 14.4 Å². The van der Waals surface area contributed by atoms with Gasteiger partial charge in [0.25, 0.3) is 11.8 Å². The lowest BCUT2D eigenvalue weighted by atomic mass is 10.1. The number of thiophene rings is 1. The summed E-state index contributed by atoms with van der Waals surface area (Å²) in [5, 5.41) is 3.18. The second-order valence-electron chi connectivity index (χ2n) is 9.14. The van der Waals surface area contributed by atoms with Gasteiger partial charge in [0.05, 0.1) is 0 Å². The van der Waals surface area contributed by atoms with Gasteiger partial charge in [-0.3, -0.25) is 9.59 Å². The summed E-state index contributed by atoms with van der Waals surface area (Å²) in [6.07, 6.45) is 0. The fourth-order valence-electron chi connectivity index (χ4n) is 4.84. The van der Waals surface area contributed by atoms with E-state index in [1.54, 1.807) is 11.3 Å². The van der Waals surface area contributed by atoms with E-state index >= 15 is 0 Å². The summed E-state index contributed by atoms with van der Waals surface area (Å²) in [6.45, 7) is 8.36. The number of piperazine rings is 1. The van der Waals surface area contributed by atoms with Gasteiger partial charge in [-0.25, -0.2) is 0 Å². The van der Waals surface area contributed by atoms with Crippen LogP contribution in [0.2, 0.25) is 0 Å². The third-order valence-corrected chi connectivity index (χ3v) is 7.81. The molecule has 0 bridgehead atoms. The molecule has 4 aromatic rings. The van der Waals surface area contributed by atoms with Gasteiger partial charge < -0.3 is 14.4 Å². The molecule has 3 heterocycles. The highest BCUT2D eigenvalue weighted by molar-refractivity contribution is 7.16. The standard InChI is InChI=1S/C28H29N3O2S/c1-19-8-4-6-10-23(19)18-31-25(16-22-12-15-34-28(22)31)27(33)29-13-14-30(21(3)17-29)26(32)24-11-7-5-9-20(24)2/h4-12,15-16,21H,13-14,17-18H2,1-3H3/t21-/m0/s1. The molecule has 1 saturated heterocycles. The largest absolute Gasteiger partial charge is 0.334 e. The fraction of sp³-hybridized carbons (Fsp3) is 0.286. The van der Waals surface area contributed by atoms with Crippen molar-refractivity contribution >= 4 is 33.4 Å². The number of fused-ring (bicyclic) bond motifs is 1. The molecular weight excluding hydrogens is 442 g/mol. The number of rotatable bonds is 4. The zero-order chi connectivity index (χ0) is 23.8. The summed E-state index contributed by atoms with van der Waals surface area (Å²) in [5.74, 6) is 0.0768. The molecule has 0 aliphatic carbocycles. The maximum Gasteiger partial charge on any atom is 0.270 e. The van der Waals surface area contributed by atoms with E-state index in [0.29, 0.717) is 26.2 Å². The Labute approximate surface area is 204 Å². The predicted molar refractivity (Wildman–Crippen MR) is 138 cm³/mol. The first-order valence-corrected chi connectivity index (χ1v) is 12.6. The highest BCUT2D eigenvalue weighted by atomic mass is 32.1. The molecule has 0 saturated carbocycles. The van der Waals surface area contributed by atoms with Gasteiger partial charge in [0, 0.05) is 43.2 Å². The van der Waals surface area contributed by atoms with Gasteiger partial charge in [-0.15, -0.1) is 11.3 Å². The van der Waals surface area contributed by atoms with Crippen LogP contribution >= 0.6 is 11.3 Å². The molecule has 0 unspecified atom stereocenters. The fourth-order valence-corrected chi connectivity index (χ4v) is 5.74. The van der Waals surface area contributed by atoms with Gasteiger partial charge in [-0.2, -0.15) is 0 Å². The minimum absolute atomic E-state index is 0.0341. The Morgan fingerprint density at radius 1 is 0.941 bits per heavy atom. The number of aryl methyl sites for hydroxylation is 2. The normalized spacial score (nSPS) is 16.3. The zero-order valence-electron chi connectivity index (χ0n) is 19.8. The summed E-state index contributed by atoms with van der Waals surface area (Å²) in [7, 11) is 0. The lowest BCUT2D eigenvalue weighted by Crippen LogP contribution is -2.55. The van der Waals surface area contributed by atoms with Crippen LogP contribution in [0.4, 0.5) is 0 Å². The van der Waals surface area contributed by atoms with Crippen molar-refractivity contribution in [3.8, 4) is 0 Å². The number of nitrogens with zero attached hydrogens (tertiary/aromatic N) is 3. The number of amides is 2. The third-order valence-electron chi connectivity index (χ3n) is 6.86. The molecule has 6 heteroatoms. The number of hydrogen-bond donors (Lipinski definition) is 0. The van der Waals surface area contributed by atoms with Gasteiger partial charge in [0.1, 0.15) is 10.5 Å². The molecular formula is C28H29N3O2S. The zero-order valence-corrected chi connectivity index (χ0v) is 20.6. The van der Waals surface area contributed by atoms with E-state index in [1.807, 2.05) is 66.1 Å². The van der Waals surface area contributed by atoms with E-state index in [2.05, 4.69) is 35.1 Å². The molecule has 1 aliphatic rings. The quantitative estimate of drug-likeness (QED) is 0.403. The highest BCUT2D eigenvalue weighted by Gasteiger charge is 2.32. The molecule has 2 aromatic heterocycles. The Morgan fingerprint density at radius 3 is 2.41 bits per heavy atom. The molecule has 2 amide bonds. The lowest BCUT2D eigenvalue weighted by molar-refractivity contribution is 0.0409. The van der Waals surface area contributed by atoms with Gasteiger partial charge in [-0.1, -0.05) is 42.5 Å². The number of benzene rings is 2. The monoisotopic (exact) mass is 471 g/mol. The number of hydrogen-bond acceptors (Lipinski definition) is 3. The first-order valence-electron chi connectivity index (χ1n) is 11.7. The maximum atomic E-state index is 13.7. The molecule has 1 fully saturated rings. The van der Waals surface area contributed by atoms with Gasteiger partial charge in [0.15, 0.2) is 0 Å². The molecule has 1 aliphatic heterocycles. The molecule has 0 N–H and O–H groups in total. The van der Waals surface area contributed by atoms with Crippen LogP contribution in [0.1, 0.15) is 44.5 Å². The minimum atomic E-state index is -0.0503. The Kier molecular flexibility index (Phi) is 6.00. The van der Waals surface area contributed by atoms with Crippen molar-refractivity contribution in [2.75, 3.05) is 19.6 Å². The second kappa shape index (κ2) is 9.11.